The average molecular weight is 259 g/mol. The van der Waals surface area contributed by atoms with Crippen LogP contribution in [0.15, 0.2) is 9.59 Å². The van der Waals surface area contributed by atoms with Crippen LogP contribution in [0.1, 0.15) is 10.5 Å². The molecule has 8 heteroatoms. The van der Waals surface area contributed by atoms with Crippen LogP contribution in [0.25, 0.3) is 0 Å². The van der Waals surface area contributed by atoms with Crippen molar-refractivity contribution in [1.29, 1.82) is 0 Å². The largest absolute Gasteiger partial charge is 0.335 e. The maximum Gasteiger partial charge on any atom is 0.326 e. The number of carbonyl (C=O) groups excluding carboxylic acids is 1. The molecule has 0 atom stereocenters. The Labute approximate surface area is 101 Å². The van der Waals surface area contributed by atoms with Gasteiger partial charge in [-0.3, -0.25) is 14.6 Å². The van der Waals surface area contributed by atoms with Gasteiger partial charge in [-0.15, -0.1) is 0 Å². The van der Waals surface area contributed by atoms with Crippen molar-refractivity contribution in [3.63, 3.8) is 0 Å². The van der Waals surface area contributed by atoms with Crippen LogP contribution >= 0.6 is 11.6 Å². The number of nitrogens with zero attached hydrogens (tertiary/aromatic N) is 1. The normalized spacial score (nSPS) is 15.9. The quantitative estimate of drug-likeness (QED) is 0.587. The summed E-state index contributed by atoms with van der Waals surface area (Å²) in [5, 5.41) is 2.81. The third-order valence-corrected chi connectivity index (χ3v) is 2.86. The highest BCUT2D eigenvalue weighted by Gasteiger charge is 2.22. The summed E-state index contributed by atoms with van der Waals surface area (Å²) >= 11 is 5.70. The zero-order valence-corrected chi connectivity index (χ0v) is 9.63. The summed E-state index contributed by atoms with van der Waals surface area (Å²) in [7, 11) is 0. The number of piperazine rings is 1. The van der Waals surface area contributed by atoms with E-state index in [1.807, 2.05) is 4.98 Å². The van der Waals surface area contributed by atoms with E-state index in [2.05, 4.69) is 10.3 Å². The highest BCUT2D eigenvalue weighted by atomic mass is 35.5. The molecule has 1 aromatic rings. The van der Waals surface area contributed by atoms with E-state index in [0.717, 1.165) is 0 Å². The van der Waals surface area contributed by atoms with E-state index < -0.39 is 17.2 Å². The molecule has 0 aliphatic carbocycles. The standard InChI is InChI=1S/C9H11ClN4O3/c10-5-6(12-9(17)13-7(5)15)8(16)14-3-1-11-2-4-14/h11H,1-4H2,(H2,12,13,15,17). The maximum absolute atomic E-state index is 12.0. The van der Waals surface area contributed by atoms with Crippen molar-refractivity contribution in [3.8, 4) is 0 Å². The predicted octanol–water partition coefficient (Wildman–Crippen LogP) is -1.24. The highest BCUT2D eigenvalue weighted by Crippen LogP contribution is 2.09. The Hall–Kier alpha value is -1.60. The first kappa shape index (κ1) is 11.9. The molecule has 1 aromatic heterocycles. The van der Waals surface area contributed by atoms with Crippen LogP contribution in [0.5, 0.6) is 0 Å². The lowest BCUT2D eigenvalue weighted by Crippen LogP contribution is -2.47. The number of nitrogens with one attached hydrogen (secondary N) is 3. The van der Waals surface area contributed by atoms with Crippen LogP contribution in [0.2, 0.25) is 5.02 Å². The fraction of sp³-hybridized carbons (Fsp3) is 0.444. The minimum absolute atomic E-state index is 0.151. The first-order valence-electron chi connectivity index (χ1n) is 5.11. The number of hydrogen-bond acceptors (Lipinski definition) is 4. The molecule has 1 amide bonds. The molecular weight excluding hydrogens is 248 g/mol. The number of H-pyrrole nitrogens is 2. The van der Waals surface area contributed by atoms with E-state index >= 15 is 0 Å². The average Bonchev–Trinajstić information content (AvgIpc) is 2.34. The molecule has 17 heavy (non-hydrogen) atoms. The number of aromatic nitrogens is 2. The number of hydrogen-bond donors (Lipinski definition) is 3. The lowest BCUT2D eigenvalue weighted by atomic mass is 10.3. The molecule has 0 saturated carbocycles. The molecule has 1 fully saturated rings. The van der Waals surface area contributed by atoms with Gasteiger partial charge in [0.1, 0.15) is 10.7 Å². The van der Waals surface area contributed by atoms with E-state index in [0.29, 0.717) is 26.2 Å². The first-order chi connectivity index (χ1) is 8.09. The summed E-state index contributed by atoms with van der Waals surface area (Å²) in [6, 6.07) is 0. The second-order valence-corrected chi connectivity index (χ2v) is 4.02. The van der Waals surface area contributed by atoms with Crippen LogP contribution < -0.4 is 16.6 Å². The topological polar surface area (TPSA) is 98.1 Å². The van der Waals surface area contributed by atoms with Crippen molar-refractivity contribution in [2.45, 2.75) is 0 Å². The van der Waals surface area contributed by atoms with Crippen molar-refractivity contribution in [2.24, 2.45) is 0 Å². The van der Waals surface area contributed by atoms with Crippen LogP contribution in [0.3, 0.4) is 0 Å². The van der Waals surface area contributed by atoms with Gasteiger partial charge in [-0.25, -0.2) is 4.79 Å². The summed E-state index contributed by atoms with van der Waals surface area (Å²) in [4.78, 5) is 40.1. The Balaban J connectivity index is 2.36. The minimum atomic E-state index is -0.756. The monoisotopic (exact) mass is 258 g/mol. The fourth-order valence-corrected chi connectivity index (χ4v) is 1.82. The van der Waals surface area contributed by atoms with Gasteiger partial charge >= 0.3 is 5.69 Å². The molecule has 1 saturated heterocycles. The second kappa shape index (κ2) is 4.72. The number of amides is 1. The van der Waals surface area contributed by atoms with Gasteiger partial charge in [0.05, 0.1) is 0 Å². The summed E-state index contributed by atoms with van der Waals surface area (Å²) < 4.78 is 0. The van der Waals surface area contributed by atoms with Crippen LogP contribution in [0, 0.1) is 0 Å². The molecule has 2 rings (SSSR count). The zero-order valence-electron chi connectivity index (χ0n) is 8.88. The van der Waals surface area contributed by atoms with Crippen molar-refractivity contribution in [1.82, 2.24) is 20.2 Å². The molecular formula is C9H11ClN4O3. The number of halogens is 1. The van der Waals surface area contributed by atoms with E-state index in [1.54, 1.807) is 0 Å². The van der Waals surface area contributed by atoms with Crippen molar-refractivity contribution >= 4 is 17.5 Å². The molecule has 2 heterocycles. The van der Waals surface area contributed by atoms with Gasteiger partial charge in [0.25, 0.3) is 11.5 Å². The smallest absolute Gasteiger partial charge is 0.326 e. The second-order valence-electron chi connectivity index (χ2n) is 3.64. The van der Waals surface area contributed by atoms with E-state index in [9.17, 15) is 14.4 Å². The fourth-order valence-electron chi connectivity index (χ4n) is 1.64. The van der Waals surface area contributed by atoms with Gasteiger partial charge in [0, 0.05) is 26.2 Å². The Kier molecular flexibility index (Phi) is 3.30. The van der Waals surface area contributed by atoms with Gasteiger partial charge in [0.2, 0.25) is 0 Å². The third kappa shape index (κ3) is 2.40. The minimum Gasteiger partial charge on any atom is -0.335 e. The SMILES string of the molecule is O=C(c1[nH]c(=O)[nH]c(=O)c1Cl)N1CCNCC1. The van der Waals surface area contributed by atoms with Crippen molar-refractivity contribution in [2.75, 3.05) is 26.2 Å². The van der Waals surface area contributed by atoms with Crippen LogP contribution in [-0.2, 0) is 0 Å². The third-order valence-electron chi connectivity index (χ3n) is 2.50. The molecule has 3 N–H and O–H groups in total. The molecule has 7 nitrogen and oxygen atoms in total. The number of aromatic amines is 2. The Bertz CT molecular complexity index is 544. The Morgan fingerprint density at radius 2 is 1.82 bits per heavy atom. The Morgan fingerprint density at radius 1 is 1.18 bits per heavy atom. The molecule has 92 valence electrons. The van der Waals surface area contributed by atoms with Gasteiger partial charge in [0.15, 0.2) is 0 Å². The molecule has 0 radical (unpaired) electrons. The summed E-state index contributed by atoms with van der Waals surface area (Å²) in [5.74, 6) is -0.431. The van der Waals surface area contributed by atoms with Gasteiger partial charge < -0.3 is 15.2 Å². The lowest BCUT2D eigenvalue weighted by molar-refractivity contribution is 0.0729. The van der Waals surface area contributed by atoms with E-state index in [1.165, 1.54) is 4.90 Å². The van der Waals surface area contributed by atoms with Gasteiger partial charge in [-0.2, -0.15) is 0 Å². The summed E-state index contributed by atoms with van der Waals surface area (Å²) in [6.45, 7) is 2.39. The number of rotatable bonds is 1. The molecule has 0 bridgehead atoms. The predicted molar refractivity (Wildman–Crippen MR) is 61.5 cm³/mol. The Morgan fingerprint density at radius 3 is 2.47 bits per heavy atom. The summed E-state index contributed by atoms with van der Waals surface area (Å²) in [5.41, 5.74) is -1.64. The van der Waals surface area contributed by atoms with E-state index in [4.69, 9.17) is 11.6 Å². The lowest BCUT2D eigenvalue weighted by Gasteiger charge is -2.27. The van der Waals surface area contributed by atoms with Gasteiger partial charge in [-0.1, -0.05) is 11.6 Å². The molecule has 0 spiro atoms. The van der Waals surface area contributed by atoms with Crippen LogP contribution in [0.4, 0.5) is 0 Å². The van der Waals surface area contributed by atoms with Crippen molar-refractivity contribution in [3.05, 3.63) is 31.6 Å². The van der Waals surface area contributed by atoms with Crippen molar-refractivity contribution < 1.29 is 4.79 Å². The molecule has 0 aromatic carbocycles. The zero-order chi connectivity index (χ0) is 12.4. The van der Waals surface area contributed by atoms with Gasteiger partial charge in [-0.05, 0) is 0 Å². The molecule has 1 aliphatic heterocycles. The molecule has 1 aliphatic rings. The van der Waals surface area contributed by atoms with E-state index in [-0.39, 0.29) is 10.7 Å². The number of carbonyl (C=O) groups is 1. The summed E-state index contributed by atoms with van der Waals surface area (Å²) in [6.07, 6.45) is 0. The molecule has 0 unspecified atom stereocenters. The maximum atomic E-state index is 12.0. The first-order valence-corrected chi connectivity index (χ1v) is 5.49. The van der Waals surface area contributed by atoms with Crippen LogP contribution in [-0.4, -0.2) is 47.0 Å². The highest BCUT2D eigenvalue weighted by molar-refractivity contribution is 6.33.